The first-order valence-corrected chi connectivity index (χ1v) is 4.90. The number of amides is 1. The van der Waals surface area contributed by atoms with Gasteiger partial charge in [-0.1, -0.05) is 20.8 Å². The van der Waals surface area contributed by atoms with E-state index in [1.165, 1.54) is 7.05 Å². The Morgan fingerprint density at radius 2 is 1.56 bits per heavy atom. The van der Waals surface area contributed by atoms with Crippen LogP contribution in [0.4, 0.5) is 13.2 Å². The van der Waals surface area contributed by atoms with Gasteiger partial charge in [0.2, 0.25) is 0 Å². The van der Waals surface area contributed by atoms with E-state index in [0.29, 0.717) is 6.92 Å². The minimum Gasteiger partial charge on any atom is -0.343 e. The number of alkyl halides is 3. The molecule has 1 amide bonds. The van der Waals surface area contributed by atoms with E-state index in [4.69, 9.17) is 5.73 Å². The van der Waals surface area contributed by atoms with Crippen molar-refractivity contribution < 1.29 is 18.0 Å². The van der Waals surface area contributed by atoms with Crippen LogP contribution in [0.2, 0.25) is 0 Å². The smallest absolute Gasteiger partial charge is 0.343 e. The third kappa shape index (κ3) is 3.66. The van der Waals surface area contributed by atoms with Crippen molar-refractivity contribution in [3.63, 3.8) is 0 Å². The van der Waals surface area contributed by atoms with Gasteiger partial charge >= 0.3 is 6.18 Å². The zero-order chi connectivity index (χ0) is 13.4. The average molecular weight is 240 g/mol. The number of hydrogen-bond acceptors (Lipinski definition) is 2. The normalized spacial score (nSPS) is 16.8. The molecule has 16 heavy (non-hydrogen) atoms. The predicted molar refractivity (Wildman–Crippen MR) is 55.7 cm³/mol. The molecule has 2 N–H and O–H groups in total. The first kappa shape index (κ1) is 15.2. The number of halogens is 3. The van der Waals surface area contributed by atoms with Gasteiger partial charge < -0.3 is 10.6 Å². The minimum absolute atomic E-state index is 0.217. The quantitative estimate of drug-likeness (QED) is 0.799. The summed E-state index contributed by atoms with van der Waals surface area (Å²) < 4.78 is 37.5. The van der Waals surface area contributed by atoms with Crippen LogP contribution in [0.15, 0.2) is 0 Å². The topological polar surface area (TPSA) is 46.3 Å². The summed E-state index contributed by atoms with van der Waals surface area (Å²) in [7, 11) is 1.32. The highest BCUT2D eigenvalue weighted by Gasteiger charge is 2.55. The van der Waals surface area contributed by atoms with Gasteiger partial charge in [0, 0.05) is 13.6 Å². The predicted octanol–water partition coefficient (Wildman–Crippen LogP) is 1.77. The van der Waals surface area contributed by atoms with E-state index < -0.39 is 17.6 Å². The fraction of sp³-hybridized carbons (Fsp3) is 0.900. The molecule has 1 unspecified atom stereocenters. The molecule has 0 spiro atoms. The Kier molecular flexibility index (Phi) is 4.03. The van der Waals surface area contributed by atoms with E-state index in [1.807, 2.05) is 20.8 Å². The second-order valence-corrected chi connectivity index (χ2v) is 5.42. The molecule has 0 aromatic carbocycles. The van der Waals surface area contributed by atoms with Crippen LogP contribution in [0.1, 0.15) is 27.7 Å². The van der Waals surface area contributed by atoms with Gasteiger partial charge in [-0.05, 0) is 12.3 Å². The molecule has 1 atom stereocenters. The SMILES string of the molecule is CN(CC(C)(C)C)C(=O)C(C)(N)C(F)(F)F. The van der Waals surface area contributed by atoms with Crippen LogP contribution in [-0.4, -0.2) is 36.1 Å². The van der Waals surface area contributed by atoms with E-state index >= 15 is 0 Å². The standard InChI is InChI=1S/C10H19F3N2O/c1-8(2,3)6-15(5)7(16)9(4,14)10(11,12)13/h6,14H2,1-5H3. The summed E-state index contributed by atoms with van der Waals surface area (Å²) in [5.41, 5.74) is 1.94. The molecule has 0 saturated heterocycles. The molecule has 96 valence electrons. The van der Waals surface area contributed by atoms with Crippen molar-refractivity contribution in [2.24, 2.45) is 11.1 Å². The van der Waals surface area contributed by atoms with Gasteiger partial charge in [-0.15, -0.1) is 0 Å². The molecule has 0 rings (SSSR count). The van der Waals surface area contributed by atoms with Crippen LogP contribution in [0, 0.1) is 5.41 Å². The van der Waals surface area contributed by atoms with Gasteiger partial charge in [0.25, 0.3) is 5.91 Å². The van der Waals surface area contributed by atoms with Crippen LogP contribution in [0.3, 0.4) is 0 Å². The molecule has 0 bridgehead atoms. The van der Waals surface area contributed by atoms with E-state index in [2.05, 4.69) is 0 Å². The van der Waals surface area contributed by atoms with E-state index in [-0.39, 0.29) is 12.0 Å². The van der Waals surface area contributed by atoms with Gasteiger partial charge in [-0.25, -0.2) is 0 Å². The van der Waals surface area contributed by atoms with Crippen molar-refractivity contribution in [3.8, 4) is 0 Å². The molecular weight excluding hydrogens is 221 g/mol. The maximum absolute atomic E-state index is 12.5. The third-order valence-corrected chi connectivity index (χ3v) is 2.09. The number of rotatable bonds is 2. The molecule has 0 aliphatic rings. The average Bonchev–Trinajstić information content (AvgIpc) is 1.97. The van der Waals surface area contributed by atoms with Crippen molar-refractivity contribution >= 4 is 5.91 Å². The number of carbonyl (C=O) groups excluding carboxylic acids is 1. The highest BCUT2D eigenvalue weighted by molar-refractivity contribution is 5.86. The summed E-state index contributed by atoms with van der Waals surface area (Å²) in [6, 6.07) is 0. The van der Waals surface area contributed by atoms with E-state index in [9.17, 15) is 18.0 Å². The molecule has 3 nitrogen and oxygen atoms in total. The highest BCUT2D eigenvalue weighted by atomic mass is 19.4. The lowest BCUT2D eigenvalue weighted by Gasteiger charge is -2.34. The van der Waals surface area contributed by atoms with Crippen LogP contribution < -0.4 is 5.73 Å². The summed E-state index contributed by atoms with van der Waals surface area (Å²) in [6.07, 6.45) is -4.74. The minimum atomic E-state index is -4.74. The summed E-state index contributed by atoms with van der Waals surface area (Å²) in [4.78, 5) is 12.6. The van der Waals surface area contributed by atoms with Crippen LogP contribution in [0.25, 0.3) is 0 Å². The van der Waals surface area contributed by atoms with Gasteiger partial charge in [0.15, 0.2) is 5.54 Å². The fourth-order valence-electron chi connectivity index (χ4n) is 1.30. The Morgan fingerprint density at radius 1 is 1.19 bits per heavy atom. The highest BCUT2D eigenvalue weighted by Crippen LogP contribution is 2.30. The maximum Gasteiger partial charge on any atom is 0.415 e. The van der Waals surface area contributed by atoms with Crippen LogP contribution in [0.5, 0.6) is 0 Å². The molecule has 0 aliphatic carbocycles. The van der Waals surface area contributed by atoms with Crippen molar-refractivity contribution in [1.82, 2.24) is 4.90 Å². The summed E-state index contributed by atoms with van der Waals surface area (Å²) >= 11 is 0. The Balaban J connectivity index is 4.81. The zero-order valence-corrected chi connectivity index (χ0v) is 10.3. The van der Waals surface area contributed by atoms with E-state index in [1.54, 1.807) is 0 Å². The number of carbonyl (C=O) groups is 1. The van der Waals surface area contributed by atoms with Gasteiger partial charge in [-0.2, -0.15) is 13.2 Å². The first-order chi connectivity index (χ1) is 6.79. The zero-order valence-electron chi connectivity index (χ0n) is 10.3. The van der Waals surface area contributed by atoms with E-state index in [0.717, 1.165) is 4.90 Å². The molecule has 0 radical (unpaired) electrons. The van der Waals surface area contributed by atoms with Crippen molar-refractivity contribution in [2.75, 3.05) is 13.6 Å². The van der Waals surface area contributed by atoms with Gasteiger partial charge in [-0.3, -0.25) is 4.79 Å². The number of hydrogen-bond donors (Lipinski definition) is 1. The van der Waals surface area contributed by atoms with Crippen molar-refractivity contribution in [1.29, 1.82) is 0 Å². The second kappa shape index (κ2) is 4.24. The molecular formula is C10H19F3N2O. The third-order valence-electron chi connectivity index (χ3n) is 2.09. The molecule has 0 aromatic heterocycles. The van der Waals surface area contributed by atoms with Crippen LogP contribution >= 0.6 is 0 Å². The Hall–Kier alpha value is -0.780. The Labute approximate surface area is 93.8 Å². The molecule has 0 saturated carbocycles. The molecule has 0 heterocycles. The number of nitrogens with two attached hydrogens (primary N) is 1. The van der Waals surface area contributed by atoms with Crippen LogP contribution in [-0.2, 0) is 4.79 Å². The molecule has 0 fully saturated rings. The monoisotopic (exact) mass is 240 g/mol. The lowest BCUT2D eigenvalue weighted by molar-refractivity contribution is -0.193. The lowest BCUT2D eigenvalue weighted by atomic mass is 9.94. The Morgan fingerprint density at radius 3 is 1.81 bits per heavy atom. The molecule has 6 heteroatoms. The second-order valence-electron chi connectivity index (χ2n) is 5.42. The largest absolute Gasteiger partial charge is 0.415 e. The summed E-state index contributed by atoms with van der Waals surface area (Å²) in [5.74, 6) is -1.12. The van der Waals surface area contributed by atoms with Crippen molar-refractivity contribution in [2.45, 2.75) is 39.4 Å². The fourth-order valence-corrected chi connectivity index (χ4v) is 1.30. The first-order valence-electron chi connectivity index (χ1n) is 4.90. The number of likely N-dealkylation sites (N-methyl/N-ethyl adjacent to an activating group) is 1. The summed E-state index contributed by atoms with van der Waals surface area (Å²) in [6.45, 7) is 6.40. The maximum atomic E-state index is 12.5. The molecule has 0 aromatic rings. The number of nitrogens with zero attached hydrogens (tertiary/aromatic N) is 1. The summed E-state index contributed by atoms with van der Waals surface area (Å²) in [5, 5.41) is 0. The van der Waals surface area contributed by atoms with Crippen molar-refractivity contribution in [3.05, 3.63) is 0 Å². The molecule has 0 aliphatic heterocycles. The van der Waals surface area contributed by atoms with Gasteiger partial charge in [0.05, 0.1) is 0 Å². The Bertz CT molecular complexity index is 266. The lowest BCUT2D eigenvalue weighted by Crippen LogP contribution is -2.62. The van der Waals surface area contributed by atoms with Gasteiger partial charge in [0.1, 0.15) is 0 Å².